The maximum Gasteiger partial charge on any atom is 0.316 e. The zero-order valence-electron chi connectivity index (χ0n) is 10.2. The van der Waals surface area contributed by atoms with Gasteiger partial charge in [0.05, 0.1) is 23.8 Å². The molecule has 0 aliphatic carbocycles. The van der Waals surface area contributed by atoms with Gasteiger partial charge in [-0.25, -0.2) is 4.98 Å². The number of rotatable bonds is 3. The number of carbonyl (C=O) groups excluding carboxylic acids is 1. The summed E-state index contributed by atoms with van der Waals surface area (Å²) < 4.78 is 6.88. The number of imidazole rings is 1. The lowest BCUT2D eigenvalue weighted by molar-refractivity contribution is -0.144. The third kappa shape index (κ3) is 2.00. The average molecular weight is 233 g/mol. The predicted molar refractivity (Wildman–Crippen MR) is 63.6 cm³/mol. The zero-order chi connectivity index (χ0) is 12.4. The van der Waals surface area contributed by atoms with Crippen LogP contribution in [0.25, 0.3) is 11.0 Å². The van der Waals surface area contributed by atoms with Crippen LogP contribution in [-0.4, -0.2) is 27.1 Å². The molecule has 5 nitrogen and oxygen atoms in total. The minimum absolute atomic E-state index is 0.251. The van der Waals surface area contributed by atoms with Gasteiger partial charge in [-0.15, -0.1) is 0 Å². The van der Waals surface area contributed by atoms with E-state index in [0.29, 0.717) is 12.4 Å². The number of fused-ring (bicyclic) bond motifs is 1. The first-order valence-electron chi connectivity index (χ1n) is 5.58. The van der Waals surface area contributed by atoms with Gasteiger partial charge in [0, 0.05) is 13.2 Å². The molecular weight excluding hydrogens is 218 g/mol. The zero-order valence-corrected chi connectivity index (χ0v) is 10.2. The van der Waals surface area contributed by atoms with E-state index in [9.17, 15) is 4.79 Å². The average Bonchev–Trinajstić information content (AvgIpc) is 2.67. The molecule has 2 heterocycles. The standard InChI is InChI=1S/C12H15N3O2/c1-4-17-12(16)8(2)11-14-9-5-6-13-7-10(9)15(11)3/h5-8H,4H2,1-3H3. The molecule has 1 atom stereocenters. The molecule has 2 rings (SSSR count). The Morgan fingerprint density at radius 2 is 2.35 bits per heavy atom. The molecule has 90 valence electrons. The van der Waals surface area contributed by atoms with Gasteiger partial charge in [0.1, 0.15) is 11.7 Å². The van der Waals surface area contributed by atoms with Crippen molar-refractivity contribution in [2.75, 3.05) is 6.61 Å². The second-order valence-electron chi connectivity index (χ2n) is 3.87. The Morgan fingerprint density at radius 1 is 1.59 bits per heavy atom. The Balaban J connectivity index is 2.42. The van der Waals surface area contributed by atoms with Gasteiger partial charge < -0.3 is 9.30 Å². The molecule has 0 amide bonds. The molecule has 2 aromatic heterocycles. The van der Waals surface area contributed by atoms with E-state index in [-0.39, 0.29) is 11.9 Å². The molecule has 0 spiro atoms. The van der Waals surface area contributed by atoms with Gasteiger partial charge >= 0.3 is 5.97 Å². The predicted octanol–water partition coefficient (Wildman–Crippen LogP) is 1.63. The summed E-state index contributed by atoms with van der Waals surface area (Å²) in [5.41, 5.74) is 1.76. The van der Waals surface area contributed by atoms with Gasteiger partial charge in [0.2, 0.25) is 0 Å². The van der Waals surface area contributed by atoms with Crippen LogP contribution >= 0.6 is 0 Å². The highest BCUT2D eigenvalue weighted by molar-refractivity contribution is 5.80. The first kappa shape index (κ1) is 11.6. The Kier molecular flexibility index (Phi) is 3.08. The van der Waals surface area contributed by atoms with Gasteiger partial charge in [-0.1, -0.05) is 0 Å². The van der Waals surface area contributed by atoms with Crippen LogP contribution in [-0.2, 0) is 16.6 Å². The monoisotopic (exact) mass is 233 g/mol. The van der Waals surface area contributed by atoms with E-state index in [0.717, 1.165) is 11.0 Å². The number of nitrogens with zero attached hydrogens (tertiary/aromatic N) is 3. The van der Waals surface area contributed by atoms with Crippen LogP contribution in [0.3, 0.4) is 0 Å². The van der Waals surface area contributed by atoms with E-state index in [4.69, 9.17) is 4.74 Å². The fourth-order valence-electron chi connectivity index (χ4n) is 1.81. The van der Waals surface area contributed by atoms with Gasteiger partial charge in [-0.2, -0.15) is 0 Å². The molecule has 0 saturated heterocycles. The number of aromatic nitrogens is 3. The number of ether oxygens (including phenoxy) is 1. The minimum Gasteiger partial charge on any atom is -0.465 e. The van der Waals surface area contributed by atoms with Crippen LogP contribution in [0.4, 0.5) is 0 Å². The third-order valence-electron chi connectivity index (χ3n) is 2.75. The second-order valence-corrected chi connectivity index (χ2v) is 3.87. The molecule has 0 saturated carbocycles. The van der Waals surface area contributed by atoms with E-state index in [1.54, 1.807) is 26.2 Å². The molecule has 0 bridgehead atoms. The fraction of sp³-hybridized carbons (Fsp3) is 0.417. The van der Waals surface area contributed by atoms with E-state index < -0.39 is 0 Å². The molecule has 0 aliphatic rings. The Bertz CT molecular complexity index is 548. The van der Waals surface area contributed by atoms with E-state index in [1.807, 2.05) is 17.7 Å². The number of aryl methyl sites for hydroxylation is 1. The molecule has 5 heteroatoms. The number of carbonyl (C=O) groups is 1. The van der Waals surface area contributed by atoms with Crippen LogP contribution in [0.1, 0.15) is 25.6 Å². The summed E-state index contributed by atoms with van der Waals surface area (Å²) in [6, 6.07) is 1.83. The molecular formula is C12H15N3O2. The number of esters is 1. The van der Waals surface area contributed by atoms with Crippen molar-refractivity contribution >= 4 is 17.0 Å². The molecule has 17 heavy (non-hydrogen) atoms. The lowest BCUT2D eigenvalue weighted by Gasteiger charge is -2.10. The number of hydrogen-bond donors (Lipinski definition) is 0. The van der Waals surface area contributed by atoms with Gasteiger partial charge in [-0.05, 0) is 19.9 Å². The van der Waals surface area contributed by atoms with Crippen molar-refractivity contribution in [1.29, 1.82) is 0 Å². The van der Waals surface area contributed by atoms with E-state index in [1.165, 1.54) is 0 Å². The Hall–Kier alpha value is -1.91. The van der Waals surface area contributed by atoms with Crippen molar-refractivity contribution in [1.82, 2.24) is 14.5 Å². The van der Waals surface area contributed by atoms with Crippen LogP contribution in [0.15, 0.2) is 18.5 Å². The SMILES string of the molecule is CCOC(=O)C(C)c1nc2ccncc2n1C. The number of pyridine rings is 1. The van der Waals surface area contributed by atoms with Crippen molar-refractivity contribution in [3.05, 3.63) is 24.3 Å². The summed E-state index contributed by atoms with van der Waals surface area (Å²) in [5, 5.41) is 0. The summed E-state index contributed by atoms with van der Waals surface area (Å²) in [5.74, 6) is 0.0812. The summed E-state index contributed by atoms with van der Waals surface area (Å²) in [6.45, 7) is 3.98. The maximum atomic E-state index is 11.7. The van der Waals surface area contributed by atoms with Crippen LogP contribution < -0.4 is 0 Å². The van der Waals surface area contributed by atoms with Crippen molar-refractivity contribution < 1.29 is 9.53 Å². The maximum absolute atomic E-state index is 11.7. The quantitative estimate of drug-likeness (QED) is 0.756. The topological polar surface area (TPSA) is 57.0 Å². The van der Waals surface area contributed by atoms with Crippen molar-refractivity contribution in [2.45, 2.75) is 19.8 Å². The first-order valence-corrected chi connectivity index (χ1v) is 5.58. The highest BCUT2D eigenvalue weighted by Crippen LogP contribution is 2.20. The van der Waals surface area contributed by atoms with E-state index in [2.05, 4.69) is 9.97 Å². The Morgan fingerprint density at radius 3 is 3.00 bits per heavy atom. The Labute approximate surface area is 99.4 Å². The van der Waals surface area contributed by atoms with Crippen molar-refractivity contribution in [2.24, 2.45) is 7.05 Å². The van der Waals surface area contributed by atoms with Crippen LogP contribution in [0, 0.1) is 0 Å². The fourth-order valence-corrected chi connectivity index (χ4v) is 1.81. The molecule has 0 N–H and O–H groups in total. The van der Waals surface area contributed by atoms with Gasteiger partial charge in [-0.3, -0.25) is 9.78 Å². The van der Waals surface area contributed by atoms with Crippen molar-refractivity contribution in [3.63, 3.8) is 0 Å². The first-order chi connectivity index (χ1) is 8.15. The van der Waals surface area contributed by atoms with Crippen LogP contribution in [0.2, 0.25) is 0 Å². The highest BCUT2D eigenvalue weighted by atomic mass is 16.5. The van der Waals surface area contributed by atoms with E-state index >= 15 is 0 Å². The molecule has 2 aromatic rings. The van der Waals surface area contributed by atoms with Gasteiger partial charge in [0.15, 0.2) is 0 Å². The molecule has 0 radical (unpaired) electrons. The molecule has 0 fully saturated rings. The largest absolute Gasteiger partial charge is 0.465 e. The lowest BCUT2D eigenvalue weighted by atomic mass is 10.2. The number of hydrogen-bond acceptors (Lipinski definition) is 4. The van der Waals surface area contributed by atoms with Crippen molar-refractivity contribution in [3.8, 4) is 0 Å². The molecule has 1 unspecified atom stereocenters. The summed E-state index contributed by atoms with van der Waals surface area (Å²) >= 11 is 0. The highest BCUT2D eigenvalue weighted by Gasteiger charge is 2.22. The second kappa shape index (κ2) is 4.53. The smallest absolute Gasteiger partial charge is 0.316 e. The summed E-state index contributed by atoms with van der Waals surface area (Å²) in [7, 11) is 1.88. The molecule has 0 aromatic carbocycles. The minimum atomic E-state index is -0.368. The van der Waals surface area contributed by atoms with Gasteiger partial charge in [0.25, 0.3) is 0 Å². The molecule has 0 aliphatic heterocycles. The summed E-state index contributed by atoms with van der Waals surface area (Å²) in [6.07, 6.45) is 3.43. The third-order valence-corrected chi connectivity index (χ3v) is 2.75. The lowest BCUT2D eigenvalue weighted by Crippen LogP contribution is -2.16. The summed E-state index contributed by atoms with van der Waals surface area (Å²) in [4.78, 5) is 20.2. The normalized spacial score (nSPS) is 12.6. The van der Waals surface area contributed by atoms with Crippen LogP contribution in [0.5, 0.6) is 0 Å².